The molecule has 0 saturated carbocycles. The van der Waals surface area contributed by atoms with Gasteiger partial charge in [-0.25, -0.2) is 4.98 Å². The summed E-state index contributed by atoms with van der Waals surface area (Å²) in [7, 11) is 0. The molecule has 2 amide bonds. The minimum atomic E-state index is -0.193. The Morgan fingerprint density at radius 1 is 1.48 bits per heavy atom. The Morgan fingerprint density at radius 3 is 2.81 bits per heavy atom. The quantitative estimate of drug-likeness (QED) is 0.867. The summed E-state index contributed by atoms with van der Waals surface area (Å²) >= 11 is 1.70. The van der Waals surface area contributed by atoms with Crippen LogP contribution in [0.25, 0.3) is 0 Å². The van der Waals surface area contributed by atoms with Crippen molar-refractivity contribution in [2.75, 3.05) is 19.6 Å². The topological polar surface area (TPSA) is 62.3 Å². The van der Waals surface area contributed by atoms with Crippen molar-refractivity contribution in [3.05, 3.63) is 15.6 Å². The SMILES string of the molecule is CCc1nc(CCNC(=O)C2CC(=O)N(CC)C2)sc1C. The average Bonchev–Trinajstić information content (AvgIpc) is 3.01. The van der Waals surface area contributed by atoms with Crippen LogP contribution in [0.4, 0.5) is 0 Å². The van der Waals surface area contributed by atoms with Crippen molar-refractivity contribution in [2.45, 2.75) is 40.0 Å². The Kier molecular flexibility index (Phi) is 5.33. The maximum absolute atomic E-state index is 12.1. The normalized spacial score (nSPS) is 18.3. The van der Waals surface area contributed by atoms with Crippen LogP contribution in [0.3, 0.4) is 0 Å². The second-order valence-corrected chi connectivity index (χ2v) is 6.63. The number of likely N-dealkylation sites (tertiary alicyclic amines) is 1. The van der Waals surface area contributed by atoms with Crippen LogP contribution in [0.5, 0.6) is 0 Å². The summed E-state index contributed by atoms with van der Waals surface area (Å²) in [5.41, 5.74) is 1.15. The zero-order chi connectivity index (χ0) is 15.4. The number of nitrogens with zero attached hydrogens (tertiary/aromatic N) is 2. The largest absolute Gasteiger partial charge is 0.355 e. The van der Waals surface area contributed by atoms with Crippen LogP contribution >= 0.6 is 11.3 Å². The Hall–Kier alpha value is -1.43. The van der Waals surface area contributed by atoms with E-state index < -0.39 is 0 Å². The van der Waals surface area contributed by atoms with Gasteiger partial charge in [-0.15, -0.1) is 11.3 Å². The van der Waals surface area contributed by atoms with Crippen molar-refractivity contribution in [3.8, 4) is 0 Å². The molecule has 0 aromatic carbocycles. The van der Waals surface area contributed by atoms with Gasteiger partial charge in [-0.05, 0) is 20.3 Å². The fourth-order valence-electron chi connectivity index (χ4n) is 2.61. The second kappa shape index (κ2) is 7.02. The maximum Gasteiger partial charge on any atom is 0.225 e. The molecule has 0 bridgehead atoms. The first-order chi connectivity index (χ1) is 10.0. The predicted molar refractivity (Wildman–Crippen MR) is 83.3 cm³/mol. The van der Waals surface area contributed by atoms with Gasteiger partial charge in [0, 0.05) is 37.4 Å². The van der Waals surface area contributed by atoms with E-state index in [0.717, 1.165) is 23.5 Å². The Morgan fingerprint density at radius 2 is 2.24 bits per heavy atom. The monoisotopic (exact) mass is 309 g/mol. The van der Waals surface area contributed by atoms with Gasteiger partial charge in [0.15, 0.2) is 0 Å². The Labute approximate surface area is 129 Å². The molecule has 1 N–H and O–H groups in total. The van der Waals surface area contributed by atoms with Crippen LogP contribution < -0.4 is 5.32 Å². The molecule has 1 saturated heterocycles. The van der Waals surface area contributed by atoms with Crippen LogP contribution in [0.2, 0.25) is 0 Å². The maximum atomic E-state index is 12.1. The van der Waals surface area contributed by atoms with Gasteiger partial charge >= 0.3 is 0 Å². The summed E-state index contributed by atoms with van der Waals surface area (Å²) in [6.45, 7) is 7.95. The number of hydrogen-bond acceptors (Lipinski definition) is 4. The number of aryl methyl sites for hydroxylation is 2. The fraction of sp³-hybridized carbons (Fsp3) is 0.667. The van der Waals surface area contributed by atoms with E-state index in [-0.39, 0.29) is 17.7 Å². The summed E-state index contributed by atoms with van der Waals surface area (Å²) in [5.74, 6) is -0.120. The first kappa shape index (κ1) is 15.9. The van der Waals surface area contributed by atoms with E-state index in [9.17, 15) is 9.59 Å². The summed E-state index contributed by atoms with van der Waals surface area (Å²) < 4.78 is 0. The molecule has 1 atom stereocenters. The lowest BCUT2D eigenvalue weighted by Gasteiger charge is -2.13. The van der Waals surface area contributed by atoms with Gasteiger partial charge in [0.1, 0.15) is 0 Å². The van der Waals surface area contributed by atoms with Gasteiger partial charge in [0.25, 0.3) is 0 Å². The van der Waals surface area contributed by atoms with Crippen molar-refractivity contribution in [1.82, 2.24) is 15.2 Å². The number of carbonyl (C=O) groups excluding carboxylic acids is 2. The predicted octanol–water partition coefficient (Wildman–Crippen LogP) is 1.54. The molecule has 116 valence electrons. The third kappa shape index (κ3) is 3.81. The van der Waals surface area contributed by atoms with Gasteiger partial charge in [0.2, 0.25) is 11.8 Å². The van der Waals surface area contributed by atoms with Crippen molar-refractivity contribution in [2.24, 2.45) is 5.92 Å². The second-order valence-electron chi connectivity index (χ2n) is 5.34. The number of thiazole rings is 1. The van der Waals surface area contributed by atoms with Gasteiger partial charge in [-0.1, -0.05) is 6.92 Å². The van der Waals surface area contributed by atoms with E-state index >= 15 is 0 Å². The summed E-state index contributed by atoms with van der Waals surface area (Å²) in [4.78, 5) is 31.3. The standard InChI is InChI=1S/C15H23N3O2S/c1-4-12-10(3)21-13(17-12)6-7-16-15(20)11-8-14(19)18(5-2)9-11/h11H,4-9H2,1-3H3,(H,16,20). The minimum Gasteiger partial charge on any atom is -0.355 e. The fourth-order valence-corrected chi connectivity index (χ4v) is 3.63. The van der Waals surface area contributed by atoms with Gasteiger partial charge in [-0.2, -0.15) is 0 Å². The molecule has 1 aliphatic heterocycles. The van der Waals surface area contributed by atoms with Crippen molar-refractivity contribution in [3.63, 3.8) is 0 Å². The highest BCUT2D eigenvalue weighted by molar-refractivity contribution is 7.11. The van der Waals surface area contributed by atoms with Crippen molar-refractivity contribution >= 4 is 23.2 Å². The third-order valence-electron chi connectivity index (χ3n) is 3.88. The highest BCUT2D eigenvalue weighted by Gasteiger charge is 2.33. The number of aromatic nitrogens is 1. The van der Waals surface area contributed by atoms with E-state index in [4.69, 9.17) is 0 Å². The zero-order valence-corrected chi connectivity index (χ0v) is 13.8. The first-order valence-electron chi connectivity index (χ1n) is 7.55. The van der Waals surface area contributed by atoms with Crippen LogP contribution in [-0.4, -0.2) is 41.3 Å². The first-order valence-corrected chi connectivity index (χ1v) is 8.37. The number of carbonyl (C=O) groups is 2. The summed E-state index contributed by atoms with van der Waals surface area (Å²) in [6, 6.07) is 0. The van der Waals surface area contributed by atoms with E-state index in [2.05, 4.69) is 24.1 Å². The molecule has 2 rings (SSSR count). The third-order valence-corrected chi connectivity index (χ3v) is 4.95. The molecule has 2 heterocycles. The van der Waals surface area contributed by atoms with Gasteiger partial charge < -0.3 is 10.2 Å². The van der Waals surface area contributed by atoms with E-state index in [0.29, 0.717) is 26.1 Å². The molecule has 0 aliphatic carbocycles. The minimum absolute atomic E-state index is 0.0108. The molecule has 1 fully saturated rings. The van der Waals surface area contributed by atoms with Crippen LogP contribution in [0.1, 0.15) is 35.8 Å². The average molecular weight is 309 g/mol. The Balaban J connectivity index is 1.78. The number of hydrogen-bond donors (Lipinski definition) is 1. The van der Waals surface area contributed by atoms with Gasteiger partial charge in [0.05, 0.1) is 16.6 Å². The van der Waals surface area contributed by atoms with E-state index in [1.54, 1.807) is 16.2 Å². The molecule has 6 heteroatoms. The molecule has 0 radical (unpaired) electrons. The van der Waals surface area contributed by atoms with E-state index in [1.165, 1.54) is 4.88 Å². The highest BCUT2D eigenvalue weighted by atomic mass is 32.1. The highest BCUT2D eigenvalue weighted by Crippen LogP contribution is 2.19. The molecular weight excluding hydrogens is 286 g/mol. The van der Waals surface area contributed by atoms with Crippen LogP contribution in [0, 0.1) is 12.8 Å². The summed E-state index contributed by atoms with van der Waals surface area (Å²) in [6.07, 6.45) is 2.05. The van der Waals surface area contributed by atoms with Gasteiger partial charge in [-0.3, -0.25) is 9.59 Å². The smallest absolute Gasteiger partial charge is 0.225 e. The number of nitrogens with one attached hydrogen (secondary N) is 1. The van der Waals surface area contributed by atoms with Crippen molar-refractivity contribution < 1.29 is 9.59 Å². The van der Waals surface area contributed by atoms with Crippen LogP contribution in [-0.2, 0) is 22.4 Å². The molecular formula is C15H23N3O2S. The zero-order valence-electron chi connectivity index (χ0n) is 12.9. The molecule has 1 aliphatic rings. The molecule has 0 spiro atoms. The lowest BCUT2D eigenvalue weighted by molar-refractivity contribution is -0.128. The number of amides is 2. The molecule has 1 aromatic heterocycles. The van der Waals surface area contributed by atoms with Crippen molar-refractivity contribution in [1.29, 1.82) is 0 Å². The molecule has 1 unspecified atom stereocenters. The Bertz CT molecular complexity index is 527. The molecule has 1 aromatic rings. The molecule has 21 heavy (non-hydrogen) atoms. The van der Waals surface area contributed by atoms with E-state index in [1.807, 2.05) is 6.92 Å². The lowest BCUT2D eigenvalue weighted by atomic mass is 10.1. The summed E-state index contributed by atoms with van der Waals surface area (Å²) in [5, 5.41) is 4.01. The molecule has 5 nitrogen and oxygen atoms in total. The number of rotatable bonds is 6. The lowest BCUT2D eigenvalue weighted by Crippen LogP contribution is -2.34. The van der Waals surface area contributed by atoms with Crippen LogP contribution in [0.15, 0.2) is 0 Å².